The predicted octanol–water partition coefficient (Wildman–Crippen LogP) is 3.76. The lowest BCUT2D eigenvalue weighted by atomic mass is 9.97. The van der Waals surface area contributed by atoms with Gasteiger partial charge in [0.1, 0.15) is 11.6 Å². The zero-order valence-corrected chi connectivity index (χ0v) is 11.3. The van der Waals surface area contributed by atoms with Gasteiger partial charge in [-0.25, -0.2) is 8.78 Å². The zero-order chi connectivity index (χ0) is 14.8. The monoisotopic (exact) mass is 284 g/mol. The smallest absolute Gasteiger partial charge is 0.126 e. The van der Waals surface area contributed by atoms with Gasteiger partial charge in [0.2, 0.25) is 0 Å². The summed E-state index contributed by atoms with van der Waals surface area (Å²) in [7, 11) is 0. The Bertz CT molecular complexity index is 761. The van der Waals surface area contributed by atoms with Crippen molar-refractivity contribution in [3.63, 3.8) is 0 Å². The maximum Gasteiger partial charge on any atom is 0.126 e. The molecule has 0 aliphatic rings. The molecule has 1 unspecified atom stereocenters. The SMILES string of the molecule is NC(Cc1ccnc2ccccc12)c1cc(F)cc(F)c1. The second-order valence-electron chi connectivity index (χ2n) is 5.00. The molecule has 0 spiro atoms. The Kier molecular flexibility index (Phi) is 3.62. The fourth-order valence-electron chi connectivity index (χ4n) is 2.48. The van der Waals surface area contributed by atoms with E-state index in [0.717, 1.165) is 22.5 Å². The normalized spacial score (nSPS) is 12.5. The maximum absolute atomic E-state index is 13.3. The average molecular weight is 284 g/mol. The van der Waals surface area contributed by atoms with E-state index in [1.54, 1.807) is 6.20 Å². The number of nitrogens with zero attached hydrogens (tertiary/aromatic N) is 1. The highest BCUT2D eigenvalue weighted by Gasteiger charge is 2.12. The van der Waals surface area contributed by atoms with Crippen LogP contribution in [0.1, 0.15) is 17.2 Å². The Morgan fingerprint density at radius 2 is 1.71 bits per heavy atom. The van der Waals surface area contributed by atoms with Gasteiger partial charge in [-0.3, -0.25) is 4.98 Å². The Morgan fingerprint density at radius 1 is 1.00 bits per heavy atom. The summed E-state index contributed by atoms with van der Waals surface area (Å²) in [6.45, 7) is 0. The Balaban J connectivity index is 1.94. The van der Waals surface area contributed by atoms with E-state index in [1.807, 2.05) is 30.3 Å². The molecule has 0 saturated heterocycles. The van der Waals surface area contributed by atoms with Gasteiger partial charge in [-0.15, -0.1) is 0 Å². The van der Waals surface area contributed by atoms with Crippen LogP contribution in [0.15, 0.2) is 54.7 Å². The van der Waals surface area contributed by atoms with E-state index in [0.29, 0.717) is 12.0 Å². The van der Waals surface area contributed by atoms with Crippen molar-refractivity contribution in [1.29, 1.82) is 0 Å². The van der Waals surface area contributed by atoms with E-state index in [-0.39, 0.29) is 0 Å². The molecule has 0 aliphatic heterocycles. The number of para-hydroxylation sites is 1. The van der Waals surface area contributed by atoms with Gasteiger partial charge in [0.15, 0.2) is 0 Å². The van der Waals surface area contributed by atoms with Gasteiger partial charge in [0.25, 0.3) is 0 Å². The molecule has 21 heavy (non-hydrogen) atoms. The summed E-state index contributed by atoms with van der Waals surface area (Å²) in [6, 6.07) is 12.6. The fraction of sp³-hybridized carbons (Fsp3) is 0.118. The third kappa shape index (κ3) is 2.90. The van der Waals surface area contributed by atoms with Crippen molar-refractivity contribution in [3.05, 3.63) is 77.5 Å². The van der Waals surface area contributed by atoms with Crippen LogP contribution in [0.2, 0.25) is 0 Å². The molecular formula is C17H14F2N2. The standard InChI is InChI=1S/C17H14F2N2/c18-13-7-12(8-14(19)10-13)16(20)9-11-5-6-21-17-4-2-1-3-15(11)17/h1-8,10,16H,9,20H2. The van der Waals surface area contributed by atoms with Crippen LogP contribution in [-0.4, -0.2) is 4.98 Å². The fourth-order valence-corrected chi connectivity index (χ4v) is 2.48. The number of hydrogen-bond donors (Lipinski definition) is 1. The van der Waals surface area contributed by atoms with Crippen LogP contribution in [0, 0.1) is 11.6 Å². The van der Waals surface area contributed by atoms with E-state index in [2.05, 4.69) is 4.98 Å². The molecule has 0 amide bonds. The van der Waals surface area contributed by atoms with Crippen LogP contribution in [0.5, 0.6) is 0 Å². The van der Waals surface area contributed by atoms with Crippen molar-refractivity contribution in [2.75, 3.05) is 0 Å². The largest absolute Gasteiger partial charge is 0.324 e. The van der Waals surface area contributed by atoms with E-state index in [4.69, 9.17) is 5.73 Å². The van der Waals surface area contributed by atoms with E-state index < -0.39 is 17.7 Å². The molecule has 1 heterocycles. The number of rotatable bonds is 3. The van der Waals surface area contributed by atoms with Gasteiger partial charge in [-0.05, 0) is 41.8 Å². The Labute approximate surface area is 121 Å². The van der Waals surface area contributed by atoms with Crippen molar-refractivity contribution in [1.82, 2.24) is 4.98 Å². The van der Waals surface area contributed by atoms with Crippen molar-refractivity contribution in [2.24, 2.45) is 5.73 Å². The molecule has 0 fully saturated rings. The van der Waals surface area contributed by atoms with Crippen LogP contribution in [0.4, 0.5) is 8.78 Å². The zero-order valence-electron chi connectivity index (χ0n) is 11.3. The quantitative estimate of drug-likeness (QED) is 0.795. The van der Waals surface area contributed by atoms with Crippen molar-refractivity contribution in [3.8, 4) is 0 Å². The first kappa shape index (κ1) is 13.6. The van der Waals surface area contributed by atoms with E-state index in [9.17, 15) is 8.78 Å². The highest BCUT2D eigenvalue weighted by molar-refractivity contribution is 5.81. The second kappa shape index (κ2) is 5.58. The molecule has 2 N–H and O–H groups in total. The summed E-state index contributed by atoms with van der Waals surface area (Å²) in [5.41, 5.74) is 8.45. The molecule has 0 saturated carbocycles. The van der Waals surface area contributed by atoms with Crippen LogP contribution in [0.25, 0.3) is 10.9 Å². The minimum absolute atomic E-state index is 0.452. The molecule has 2 nitrogen and oxygen atoms in total. The summed E-state index contributed by atoms with van der Waals surface area (Å²) in [4.78, 5) is 4.29. The molecule has 0 aliphatic carbocycles. The number of halogens is 2. The minimum Gasteiger partial charge on any atom is -0.324 e. The van der Waals surface area contributed by atoms with Crippen LogP contribution >= 0.6 is 0 Å². The molecule has 0 bridgehead atoms. The minimum atomic E-state index is -0.611. The number of benzene rings is 2. The molecule has 3 aromatic rings. The Morgan fingerprint density at radius 3 is 2.48 bits per heavy atom. The number of aromatic nitrogens is 1. The first-order valence-corrected chi connectivity index (χ1v) is 6.67. The first-order chi connectivity index (χ1) is 10.1. The third-order valence-electron chi connectivity index (χ3n) is 3.49. The highest BCUT2D eigenvalue weighted by atomic mass is 19.1. The number of fused-ring (bicyclic) bond motifs is 1. The predicted molar refractivity (Wildman–Crippen MR) is 78.7 cm³/mol. The van der Waals surface area contributed by atoms with Crippen LogP contribution < -0.4 is 5.73 Å². The van der Waals surface area contributed by atoms with Gasteiger partial charge in [0, 0.05) is 23.7 Å². The lowest BCUT2D eigenvalue weighted by Crippen LogP contribution is -2.14. The average Bonchev–Trinajstić information content (AvgIpc) is 2.46. The maximum atomic E-state index is 13.3. The molecule has 1 aromatic heterocycles. The molecule has 3 rings (SSSR count). The number of hydrogen-bond acceptors (Lipinski definition) is 2. The van der Waals surface area contributed by atoms with Gasteiger partial charge < -0.3 is 5.73 Å². The summed E-state index contributed by atoms with van der Waals surface area (Å²) >= 11 is 0. The van der Waals surface area contributed by atoms with Crippen molar-refractivity contribution < 1.29 is 8.78 Å². The van der Waals surface area contributed by atoms with Gasteiger partial charge in [-0.1, -0.05) is 18.2 Å². The lowest BCUT2D eigenvalue weighted by Gasteiger charge is -2.14. The third-order valence-corrected chi connectivity index (χ3v) is 3.49. The first-order valence-electron chi connectivity index (χ1n) is 6.67. The summed E-state index contributed by atoms with van der Waals surface area (Å²) in [5, 5.41) is 1.01. The van der Waals surface area contributed by atoms with Crippen LogP contribution in [0.3, 0.4) is 0 Å². The second-order valence-corrected chi connectivity index (χ2v) is 5.00. The summed E-state index contributed by atoms with van der Waals surface area (Å²) in [5.74, 6) is -1.22. The molecule has 1 atom stereocenters. The topological polar surface area (TPSA) is 38.9 Å². The highest BCUT2D eigenvalue weighted by Crippen LogP contribution is 2.23. The Hall–Kier alpha value is -2.33. The molecule has 106 valence electrons. The van der Waals surface area contributed by atoms with E-state index >= 15 is 0 Å². The lowest BCUT2D eigenvalue weighted by molar-refractivity contribution is 0.573. The summed E-state index contributed by atoms with van der Waals surface area (Å²) in [6.07, 6.45) is 2.21. The van der Waals surface area contributed by atoms with Gasteiger partial charge >= 0.3 is 0 Å². The van der Waals surface area contributed by atoms with Gasteiger partial charge in [-0.2, -0.15) is 0 Å². The number of nitrogens with two attached hydrogens (primary N) is 1. The van der Waals surface area contributed by atoms with E-state index in [1.165, 1.54) is 12.1 Å². The van der Waals surface area contributed by atoms with Crippen molar-refractivity contribution >= 4 is 10.9 Å². The summed E-state index contributed by atoms with van der Waals surface area (Å²) < 4.78 is 26.5. The molecular weight excluding hydrogens is 270 g/mol. The van der Waals surface area contributed by atoms with Gasteiger partial charge in [0.05, 0.1) is 5.52 Å². The molecule has 2 aromatic carbocycles. The van der Waals surface area contributed by atoms with Crippen molar-refractivity contribution in [2.45, 2.75) is 12.5 Å². The van der Waals surface area contributed by atoms with Crippen LogP contribution in [-0.2, 0) is 6.42 Å². The molecule has 4 heteroatoms. The molecule has 0 radical (unpaired) electrons. The number of pyridine rings is 1.